The van der Waals surface area contributed by atoms with Gasteiger partial charge in [0.1, 0.15) is 5.69 Å². The summed E-state index contributed by atoms with van der Waals surface area (Å²) in [4.78, 5) is 23.2. The highest BCUT2D eigenvalue weighted by molar-refractivity contribution is 6.03. The van der Waals surface area contributed by atoms with Crippen LogP contribution in [0.25, 0.3) is 0 Å². The zero-order valence-electron chi connectivity index (χ0n) is 12.6. The molecule has 2 rings (SSSR count). The number of nitrogens with zero attached hydrogens (tertiary/aromatic N) is 2. The fourth-order valence-electron chi connectivity index (χ4n) is 2.31. The number of aromatic carboxylic acids is 1. The van der Waals surface area contributed by atoms with Gasteiger partial charge < -0.3 is 10.4 Å². The van der Waals surface area contributed by atoms with Gasteiger partial charge in [-0.1, -0.05) is 13.8 Å². The van der Waals surface area contributed by atoms with E-state index in [0.717, 1.165) is 12.8 Å². The van der Waals surface area contributed by atoms with Crippen molar-refractivity contribution in [2.24, 2.45) is 0 Å². The second-order valence-corrected chi connectivity index (χ2v) is 4.97. The molecule has 0 bridgehead atoms. The van der Waals surface area contributed by atoms with Gasteiger partial charge in [-0.3, -0.25) is 9.48 Å². The number of rotatable bonds is 6. The zero-order valence-corrected chi connectivity index (χ0v) is 12.6. The van der Waals surface area contributed by atoms with Crippen LogP contribution in [-0.2, 0) is 0 Å². The Morgan fingerprint density at radius 1 is 1.18 bits per heavy atom. The van der Waals surface area contributed by atoms with Crippen molar-refractivity contribution >= 4 is 17.6 Å². The van der Waals surface area contributed by atoms with Crippen LogP contribution < -0.4 is 5.32 Å². The number of hydrogen-bond acceptors (Lipinski definition) is 3. The molecule has 0 saturated heterocycles. The smallest absolute Gasteiger partial charge is 0.335 e. The number of carboxylic acids is 1. The summed E-state index contributed by atoms with van der Waals surface area (Å²) in [7, 11) is 0. The summed E-state index contributed by atoms with van der Waals surface area (Å²) in [5.41, 5.74) is 1.23. The number of nitrogens with one attached hydrogen (secondary N) is 1. The van der Waals surface area contributed by atoms with Crippen molar-refractivity contribution < 1.29 is 14.7 Å². The van der Waals surface area contributed by atoms with Gasteiger partial charge in [0, 0.05) is 11.9 Å². The van der Waals surface area contributed by atoms with E-state index in [1.54, 1.807) is 29.1 Å². The number of hydrogen-bond donors (Lipinski definition) is 2. The van der Waals surface area contributed by atoms with Crippen LogP contribution >= 0.6 is 0 Å². The number of aromatic nitrogens is 2. The molecule has 0 unspecified atom stereocenters. The van der Waals surface area contributed by atoms with Crippen LogP contribution in [-0.4, -0.2) is 26.8 Å². The molecule has 0 fully saturated rings. The van der Waals surface area contributed by atoms with E-state index in [1.807, 2.05) is 0 Å². The van der Waals surface area contributed by atoms with E-state index in [2.05, 4.69) is 24.3 Å². The average Bonchev–Trinajstić information content (AvgIpc) is 2.98. The van der Waals surface area contributed by atoms with Crippen LogP contribution in [0, 0.1) is 0 Å². The SMILES string of the molecule is CCC(CC)n1nccc1C(=O)Nc1ccc(C(=O)O)cc1. The Morgan fingerprint density at radius 3 is 2.36 bits per heavy atom. The van der Waals surface area contributed by atoms with Gasteiger partial charge in [-0.25, -0.2) is 4.79 Å². The van der Waals surface area contributed by atoms with Crippen molar-refractivity contribution in [1.29, 1.82) is 0 Å². The Morgan fingerprint density at radius 2 is 1.82 bits per heavy atom. The highest BCUT2D eigenvalue weighted by Gasteiger charge is 2.17. The third kappa shape index (κ3) is 3.33. The maximum absolute atomic E-state index is 12.4. The standard InChI is InChI=1S/C16H19N3O3/c1-3-13(4-2)19-14(9-10-17-19)15(20)18-12-7-5-11(6-8-12)16(21)22/h5-10,13H,3-4H2,1-2H3,(H,18,20)(H,21,22). The number of amides is 1. The lowest BCUT2D eigenvalue weighted by Gasteiger charge is -2.16. The first-order chi connectivity index (χ1) is 10.6. The van der Waals surface area contributed by atoms with Gasteiger partial charge >= 0.3 is 5.97 Å². The van der Waals surface area contributed by atoms with Crippen molar-refractivity contribution in [2.45, 2.75) is 32.7 Å². The molecular weight excluding hydrogens is 282 g/mol. The molecule has 0 aliphatic rings. The second-order valence-electron chi connectivity index (χ2n) is 4.97. The van der Waals surface area contributed by atoms with Gasteiger partial charge in [0.25, 0.3) is 5.91 Å². The maximum Gasteiger partial charge on any atom is 0.335 e. The number of benzene rings is 1. The summed E-state index contributed by atoms with van der Waals surface area (Å²) in [5, 5.41) is 15.9. The lowest BCUT2D eigenvalue weighted by atomic mass is 10.1. The molecule has 0 atom stereocenters. The molecule has 6 heteroatoms. The van der Waals surface area contributed by atoms with Crippen LogP contribution in [0.15, 0.2) is 36.5 Å². The summed E-state index contributed by atoms with van der Waals surface area (Å²) < 4.78 is 1.74. The quantitative estimate of drug-likeness (QED) is 0.858. The number of carbonyl (C=O) groups is 2. The fraction of sp³-hybridized carbons (Fsp3) is 0.312. The highest BCUT2D eigenvalue weighted by Crippen LogP contribution is 2.18. The molecule has 2 N–H and O–H groups in total. The minimum Gasteiger partial charge on any atom is -0.478 e. The summed E-state index contributed by atoms with van der Waals surface area (Å²) in [6, 6.07) is 7.91. The van der Waals surface area contributed by atoms with Gasteiger partial charge in [0.05, 0.1) is 11.6 Å². The van der Waals surface area contributed by atoms with Gasteiger partial charge in [0.2, 0.25) is 0 Å². The second kappa shape index (κ2) is 6.89. The molecule has 1 aromatic heterocycles. The van der Waals surface area contributed by atoms with Crippen LogP contribution in [0.3, 0.4) is 0 Å². The predicted octanol–water partition coefficient (Wildman–Crippen LogP) is 3.19. The van der Waals surface area contributed by atoms with Crippen molar-refractivity contribution in [1.82, 2.24) is 9.78 Å². The average molecular weight is 301 g/mol. The van der Waals surface area contributed by atoms with Gasteiger partial charge in [-0.05, 0) is 43.2 Å². The predicted molar refractivity (Wildman–Crippen MR) is 83.2 cm³/mol. The fourth-order valence-corrected chi connectivity index (χ4v) is 2.31. The highest BCUT2D eigenvalue weighted by atomic mass is 16.4. The molecule has 2 aromatic rings. The van der Waals surface area contributed by atoms with Crippen molar-refractivity contribution in [2.75, 3.05) is 5.32 Å². The van der Waals surface area contributed by atoms with Crippen LogP contribution in [0.4, 0.5) is 5.69 Å². The summed E-state index contributed by atoms with van der Waals surface area (Å²) in [6.07, 6.45) is 3.40. The topological polar surface area (TPSA) is 84.2 Å². The van der Waals surface area contributed by atoms with E-state index < -0.39 is 5.97 Å². The first-order valence-corrected chi connectivity index (χ1v) is 7.25. The van der Waals surface area contributed by atoms with E-state index in [9.17, 15) is 9.59 Å². The Kier molecular flexibility index (Phi) is 4.93. The zero-order chi connectivity index (χ0) is 16.1. The molecule has 116 valence electrons. The molecule has 0 aliphatic heterocycles. The van der Waals surface area contributed by atoms with Gasteiger partial charge in [-0.2, -0.15) is 5.10 Å². The Hall–Kier alpha value is -2.63. The third-order valence-corrected chi connectivity index (χ3v) is 3.58. The van der Waals surface area contributed by atoms with Crippen molar-refractivity contribution in [3.8, 4) is 0 Å². The Labute approximate surface area is 128 Å². The molecule has 0 aliphatic carbocycles. The molecule has 1 amide bonds. The van der Waals surface area contributed by atoms with Crippen molar-refractivity contribution in [3.05, 3.63) is 47.8 Å². The summed E-state index contributed by atoms with van der Waals surface area (Å²) in [5.74, 6) is -1.25. The van der Waals surface area contributed by atoms with Crippen LogP contribution in [0.1, 0.15) is 53.6 Å². The molecule has 0 spiro atoms. The number of carbonyl (C=O) groups excluding carboxylic acids is 1. The largest absolute Gasteiger partial charge is 0.478 e. The molecule has 22 heavy (non-hydrogen) atoms. The first kappa shape index (κ1) is 15.8. The van der Waals surface area contributed by atoms with E-state index in [-0.39, 0.29) is 17.5 Å². The molecule has 1 heterocycles. The maximum atomic E-state index is 12.4. The normalized spacial score (nSPS) is 10.7. The monoisotopic (exact) mass is 301 g/mol. The van der Waals surface area contributed by atoms with Gasteiger partial charge in [-0.15, -0.1) is 0 Å². The van der Waals surface area contributed by atoms with E-state index in [0.29, 0.717) is 11.4 Å². The molecule has 0 radical (unpaired) electrons. The van der Waals surface area contributed by atoms with Gasteiger partial charge in [0.15, 0.2) is 0 Å². The minimum absolute atomic E-state index is 0.181. The van der Waals surface area contributed by atoms with Crippen molar-refractivity contribution in [3.63, 3.8) is 0 Å². The van der Waals surface area contributed by atoms with E-state index >= 15 is 0 Å². The summed E-state index contributed by atoms with van der Waals surface area (Å²) in [6.45, 7) is 4.12. The lowest BCUT2D eigenvalue weighted by Crippen LogP contribution is -2.20. The van der Waals surface area contributed by atoms with E-state index in [4.69, 9.17) is 5.11 Å². The molecular formula is C16H19N3O3. The molecule has 6 nitrogen and oxygen atoms in total. The molecule has 0 saturated carbocycles. The summed E-state index contributed by atoms with van der Waals surface area (Å²) >= 11 is 0. The lowest BCUT2D eigenvalue weighted by molar-refractivity contribution is 0.0696. The number of anilines is 1. The van der Waals surface area contributed by atoms with E-state index in [1.165, 1.54) is 12.1 Å². The number of carboxylic acid groups (broad SMARTS) is 1. The third-order valence-electron chi connectivity index (χ3n) is 3.58. The molecule has 1 aromatic carbocycles. The van der Waals surface area contributed by atoms with Crippen LogP contribution in [0.5, 0.6) is 0 Å². The van der Waals surface area contributed by atoms with Crippen LogP contribution in [0.2, 0.25) is 0 Å². The Balaban J connectivity index is 2.16. The first-order valence-electron chi connectivity index (χ1n) is 7.25. The minimum atomic E-state index is -0.996. The Bertz CT molecular complexity index is 658.